The minimum Gasteiger partial charge on any atom is -0.354 e. The highest BCUT2D eigenvalue weighted by Crippen LogP contribution is 2.28. The fourth-order valence-corrected chi connectivity index (χ4v) is 4.47. The number of nitrogens with zero attached hydrogens (tertiary/aromatic N) is 5. The summed E-state index contributed by atoms with van der Waals surface area (Å²) in [6.45, 7) is 6.89. The number of aromatic nitrogens is 3. The average Bonchev–Trinajstić information content (AvgIpc) is 3.17. The van der Waals surface area contributed by atoms with Crippen molar-refractivity contribution in [3.63, 3.8) is 0 Å². The van der Waals surface area contributed by atoms with Gasteiger partial charge in [0.15, 0.2) is 0 Å². The first-order valence-corrected chi connectivity index (χ1v) is 9.89. The van der Waals surface area contributed by atoms with E-state index in [2.05, 4.69) is 44.0 Å². The quantitative estimate of drug-likeness (QED) is 0.855. The molecule has 0 radical (unpaired) electrons. The SMILES string of the molecule is CC1CCC(N2CCN(c3ccc(-c4nncs4)cn3)CC2)CC1. The maximum absolute atomic E-state index is 4.65. The van der Waals surface area contributed by atoms with E-state index in [4.69, 9.17) is 0 Å². The Morgan fingerprint density at radius 3 is 2.46 bits per heavy atom. The first kappa shape index (κ1) is 16.0. The summed E-state index contributed by atoms with van der Waals surface area (Å²) in [6, 6.07) is 5.04. The minimum atomic E-state index is 0.816. The molecule has 0 spiro atoms. The highest BCUT2D eigenvalue weighted by molar-refractivity contribution is 7.12. The molecule has 2 fully saturated rings. The molecule has 6 heteroatoms. The van der Waals surface area contributed by atoms with Crippen molar-refractivity contribution >= 4 is 17.2 Å². The molecule has 0 unspecified atom stereocenters. The summed E-state index contributed by atoms with van der Waals surface area (Å²) in [5.41, 5.74) is 2.81. The first-order valence-electron chi connectivity index (χ1n) is 9.01. The van der Waals surface area contributed by atoms with Crippen LogP contribution in [0, 0.1) is 5.92 Å². The average molecular weight is 344 g/mol. The van der Waals surface area contributed by atoms with E-state index in [0.717, 1.165) is 41.4 Å². The van der Waals surface area contributed by atoms with Crippen molar-refractivity contribution in [2.75, 3.05) is 31.1 Å². The molecule has 2 aromatic heterocycles. The molecule has 0 amide bonds. The van der Waals surface area contributed by atoms with Crippen molar-refractivity contribution in [3.05, 3.63) is 23.8 Å². The second kappa shape index (κ2) is 7.15. The van der Waals surface area contributed by atoms with E-state index < -0.39 is 0 Å². The monoisotopic (exact) mass is 343 g/mol. The lowest BCUT2D eigenvalue weighted by molar-refractivity contribution is 0.132. The molecule has 1 aliphatic carbocycles. The summed E-state index contributed by atoms with van der Waals surface area (Å²) in [6.07, 6.45) is 7.50. The predicted molar refractivity (Wildman–Crippen MR) is 98.3 cm³/mol. The highest BCUT2D eigenvalue weighted by Gasteiger charge is 2.27. The topological polar surface area (TPSA) is 45.2 Å². The third kappa shape index (κ3) is 3.44. The van der Waals surface area contributed by atoms with Gasteiger partial charge in [0, 0.05) is 44.0 Å². The van der Waals surface area contributed by atoms with Crippen LogP contribution < -0.4 is 4.90 Å². The third-order valence-electron chi connectivity index (χ3n) is 5.49. The summed E-state index contributed by atoms with van der Waals surface area (Å²) < 4.78 is 0. The number of rotatable bonds is 3. The summed E-state index contributed by atoms with van der Waals surface area (Å²) in [7, 11) is 0. The molecule has 0 bridgehead atoms. The number of hydrogen-bond acceptors (Lipinski definition) is 6. The normalized spacial score (nSPS) is 25.8. The van der Waals surface area contributed by atoms with Crippen LogP contribution in [0.5, 0.6) is 0 Å². The number of anilines is 1. The van der Waals surface area contributed by atoms with Crippen LogP contribution in [0.25, 0.3) is 10.6 Å². The van der Waals surface area contributed by atoms with E-state index in [9.17, 15) is 0 Å². The maximum atomic E-state index is 4.65. The maximum Gasteiger partial charge on any atom is 0.149 e. The van der Waals surface area contributed by atoms with Gasteiger partial charge in [0.05, 0.1) is 0 Å². The molecule has 2 aromatic rings. The predicted octanol–water partition coefficient (Wildman–Crippen LogP) is 3.30. The zero-order valence-corrected chi connectivity index (χ0v) is 15.1. The van der Waals surface area contributed by atoms with Crippen molar-refractivity contribution < 1.29 is 0 Å². The Hall–Kier alpha value is -1.53. The molecule has 1 aliphatic heterocycles. The van der Waals surface area contributed by atoms with Crippen LogP contribution in [0.3, 0.4) is 0 Å². The van der Waals surface area contributed by atoms with Crippen LogP contribution in [0.4, 0.5) is 5.82 Å². The third-order valence-corrected chi connectivity index (χ3v) is 6.24. The minimum absolute atomic E-state index is 0.816. The van der Waals surface area contributed by atoms with Gasteiger partial charge in [-0.3, -0.25) is 4.90 Å². The van der Waals surface area contributed by atoms with E-state index in [1.54, 1.807) is 16.8 Å². The number of pyridine rings is 1. The molecule has 4 rings (SSSR count). The van der Waals surface area contributed by atoms with Crippen molar-refractivity contribution in [1.29, 1.82) is 0 Å². The Balaban J connectivity index is 1.34. The fraction of sp³-hybridized carbons (Fsp3) is 0.611. The van der Waals surface area contributed by atoms with Crippen molar-refractivity contribution in [2.24, 2.45) is 5.92 Å². The Morgan fingerprint density at radius 2 is 1.83 bits per heavy atom. The standard InChI is InChI=1S/C18H25N5S/c1-14-2-5-16(6-3-14)22-8-10-23(11-9-22)17-7-4-15(12-19-17)18-21-20-13-24-18/h4,7,12-14,16H,2-3,5-6,8-11H2,1H3. The van der Waals surface area contributed by atoms with E-state index in [-0.39, 0.29) is 0 Å². The van der Waals surface area contributed by atoms with Gasteiger partial charge in [-0.2, -0.15) is 0 Å². The van der Waals surface area contributed by atoms with Gasteiger partial charge in [-0.15, -0.1) is 10.2 Å². The van der Waals surface area contributed by atoms with Crippen molar-refractivity contribution in [3.8, 4) is 10.6 Å². The smallest absolute Gasteiger partial charge is 0.149 e. The lowest BCUT2D eigenvalue weighted by Crippen LogP contribution is -2.51. The second-order valence-electron chi connectivity index (χ2n) is 7.09. The van der Waals surface area contributed by atoms with Crippen molar-refractivity contribution in [2.45, 2.75) is 38.6 Å². The molecule has 2 aliphatic rings. The lowest BCUT2D eigenvalue weighted by atomic mass is 9.86. The molecular formula is C18H25N5S. The van der Waals surface area contributed by atoms with Gasteiger partial charge in [-0.1, -0.05) is 18.3 Å². The molecule has 5 nitrogen and oxygen atoms in total. The first-order chi connectivity index (χ1) is 11.8. The van der Waals surface area contributed by atoms with Gasteiger partial charge in [0.25, 0.3) is 0 Å². The Kier molecular flexibility index (Phi) is 4.76. The summed E-state index contributed by atoms with van der Waals surface area (Å²) in [4.78, 5) is 9.77. The highest BCUT2D eigenvalue weighted by atomic mass is 32.1. The second-order valence-corrected chi connectivity index (χ2v) is 7.92. The lowest BCUT2D eigenvalue weighted by Gasteiger charge is -2.42. The van der Waals surface area contributed by atoms with Gasteiger partial charge in [-0.25, -0.2) is 4.98 Å². The zero-order valence-electron chi connectivity index (χ0n) is 14.3. The number of piperazine rings is 1. The molecular weight excluding hydrogens is 318 g/mol. The summed E-state index contributed by atoms with van der Waals surface area (Å²) in [5.74, 6) is 2.01. The van der Waals surface area contributed by atoms with E-state index >= 15 is 0 Å². The zero-order chi connectivity index (χ0) is 16.4. The Labute approximate surface area is 147 Å². The molecule has 1 saturated carbocycles. The van der Waals surface area contributed by atoms with Crippen LogP contribution in [-0.4, -0.2) is 52.3 Å². The van der Waals surface area contributed by atoms with Crippen LogP contribution in [0.2, 0.25) is 0 Å². The van der Waals surface area contributed by atoms with E-state index in [1.165, 1.54) is 38.8 Å². The van der Waals surface area contributed by atoms with Gasteiger partial charge in [0.1, 0.15) is 16.3 Å². The molecule has 0 aromatic carbocycles. The molecule has 128 valence electrons. The van der Waals surface area contributed by atoms with Gasteiger partial charge < -0.3 is 4.90 Å². The van der Waals surface area contributed by atoms with Crippen LogP contribution in [0.15, 0.2) is 23.8 Å². The molecule has 0 N–H and O–H groups in total. The molecule has 3 heterocycles. The Bertz CT molecular complexity index is 626. The van der Waals surface area contributed by atoms with Crippen LogP contribution >= 0.6 is 11.3 Å². The van der Waals surface area contributed by atoms with Gasteiger partial charge >= 0.3 is 0 Å². The van der Waals surface area contributed by atoms with Gasteiger partial charge in [-0.05, 0) is 43.7 Å². The molecule has 24 heavy (non-hydrogen) atoms. The summed E-state index contributed by atoms with van der Waals surface area (Å²) in [5, 5.41) is 8.93. The number of hydrogen-bond donors (Lipinski definition) is 0. The summed E-state index contributed by atoms with van der Waals surface area (Å²) >= 11 is 1.55. The van der Waals surface area contributed by atoms with Crippen LogP contribution in [-0.2, 0) is 0 Å². The fourth-order valence-electron chi connectivity index (χ4n) is 3.92. The molecule has 1 saturated heterocycles. The molecule has 0 atom stereocenters. The largest absolute Gasteiger partial charge is 0.354 e. The van der Waals surface area contributed by atoms with Crippen molar-refractivity contribution in [1.82, 2.24) is 20.1 Å². The van der Waals surface area contributed by atoms with E-state index in [1.807, 2.05) is 6.20 Å². The van der Waals surface area contributed by atoms with E-state index in [0.29, 0.717) is 0 Å². The Morgan fingerprint density at radius 1 is 1.04 bits per heavy atom. The van der Waals surface area contributed by atoms with Crippen LogP contribution in [0.1, 0.15) is 32.6 Å². The van der Waals surface area contributed by atoms with Gasteiger partial charge in [0.2, 0.25) is 0 Å².